The molecule has 1 atom stereocenters. The quantitative estimate of drug-likeness (QED) is 0.780. The smallest absolute Gasteiger partial charge is 0.265 e. The number of rotatable bonds is 5. The molecule has 2 aromatic carbocycles. The second-order valence-electron chi connectivity index (χ2n) is 5.60. The highest BCUT2D eigenvalue weighted by Gasteiger charge is 2.17. The van der Waals surface area contributed by atoms with Crippen LogP contribution in [0.25, 0.3) is 0 Å². The maximum Gasteiger partial charge on any atom is 0.265 e. The first-order valence-electron chi connectivity index (χ1n) is 7.52. The highest BCUT2D eigenvalue weighted by atomic mass is 79.9. The Kier molecular flexibility index (Phi) is 6.45. The minimum Gasteiger partial charge on any atom is -0.480 e. The molecule has 5 nitrogen and oxygen atoms in total. The van der Waals surface area contributed by atoms with Gasteiger partial charge in [-0.2, -0.15) is 0 Å². The van der Waals surface area contributed by atoms with Gasteiger partial charge in [0.15, 0.2) is 6.10 Å². The van der Waals surface area contributed by atoms with Crippen molar-refractivity contribution in [3.8, 4) is 5.75 Å². The van der Waals surface area contributed by atoms with E-state index in [2.05, 4.69) is 21.2 Å². The number of carbonyl (C=O) groups is 2. The number of anilines is 1. The summed E-state index contributed by atoms with van der Waals surface area (Å²) in [5, 5.41) is 3.32. The summed E-state index contributed by atoms with van der Waals surface area (Å²) < 4.78 is 6.32. The second-order valence-corrected chi connectivity index (χ2v) is 6.90. The molecule has 2 amide bonds. The SMILES string of the molecule is CC(Oc1ccc(Cl)cc1Br)C(=O)Nc1cccc(C(=O)N(C)C)c1. The average molecular weight is 426 g/mol. The summed E-state index contributed by atoms with van der Waals surface area (Å²) in [6.45, 7) is 1.64. The molecule has 0 aliphatic heterocycles. The van der Waals surface area contributed by atoms with Crippen molar-refractivity contribution in [3.05, 3.63) is 57.5 Å². The molecule has 25 heavy (non-hydrogen) atoms. The number of hydrogen-bond acceptors (Lipinski definition) is 3. The maximum atomic E-state index is 12.3. The number of nitrogens with zero attached hydrogens (tertiary/aromatic N) is 1. The Morgan fingerprint density at radius 2 is 1.92 bits per heavy atom. The zero-order valence-corrected chi connectivity index (χ0v) is 16.4. The molecule has 1 N–H and O–H groups in total. The lowest BCUT2D eigenvalue weighted by molar-refractivity contribution is -0.122. The molecule has 0 saturated heterocycles. The summed E-state index contributed by atoms with van der Waals surface area (Å²) >= 11 is 9.24. The van der Waals surface area contributed by atoms with Crippen LogP contribution in [-0.4, -0.2) is 36.9 Å². The Bertz CT molecular complexity index is 796. The molecule has 0 saturated carbocycles. The van der Waals surface area contributed by atoms with Gasteiger partial charge in [-0.3, -0.25) is 9.59 Å². The Balaban J connectivity index is 2.06. The van der Waals surface area contributed by atoms with E-state index in [-0.39, 0.29) is 11.8 Å². The lowest BCUT2D eigenvalue weighted by Crippen LogP contribution is -2.30. The largest absolute Gasteiger partial charge is 0.480 e. The average Bonchev–Trinajstić information content (AvgIpc) is 2.56. The van der Waals surface area contributed by atoms with Crippen molar-refractivity contribution in [2.24, 2.45) is 0 Å². The monoisotopic (exact) mass is 424 g/mol. The van der Waals surface area contributed by atoms with Crippen molar-refractivity contribution >= 4 is 45.0 Å². The number of carbonyl (C=O) groups excluding carboxylic acids is 2. The Morgan fingerprint density at radius 1 is 1.20 bits per heavy atom. The van der Waals surface area contributed by atoms with E-state index in [0.717, 1.165) is 0 Å². The van der Waals surface area contributed by atoms with Gasteiger partial charge in [0.05, 0.1) is 4.47 Å². The number of amides is 2. The van der Waals surface area contributed by atoms with Crippen LogP contribution in [0.4, 0.5) is 5.69 Å². The second kappa shape index (κ2) is 8.36. The number of ether oxygens (including phenoxy) is 1. The van der Waals surface area contributed by atoms with Crippen LogP contribution in [0.2, 0.25) is 5.02 Å². The Labute approximate surface area is 160 Å². The molecular formula is C18H18BrClN2O3. The normalized spacial score (nSPS) is 11.6. The van der Waals surface area contributed by atoms with Crippen LogP contribution in [0.5, 0.6) is 5.75 Å². The van der Waals surface area contributed by atoms with Crippen molar-refractivity contribution in [2.45, 2.75) is 13.0 Å². The van der Waals surface area contributed by atoms with E-state index in [4.69, 9.17) is 16.3 Å². The van der Waals surface area contributed by atoms with E-state index in [1.807, 2.05) is 0 Å². The lowest BCUT2D eigenvalue weighted by Gasteiger charge is -2.16. The molecule has 2 rings (SSSR count). The molecule has 0 aromatic heterocycles. The van der Waals surface area contributed by atoms with Gasteiger partial charge in [0, 0.05) is 30.4 Å². The zero-order chi connectivity index (χ0) is 18.6. The van der Waals surface area contributed by atoms with Gasteiger partial charge in [-0.25, -0.2) is 0 Å². The van der Waals surface area contributed by atoms with Crippen molar-refractivity contribution in [1.29, 1.82) is 0 Å². The summed E-state index contributed by atoms with van der Waals surface area (Å²) in [6.07, 6.45) is -0.731. The predicted octanol–water partition coefficient (Wildman–Crippen LogP) is 4.21. The molecule has 0 fully saturated rings. The highest BCUT2D eigenvalue weighted by Crippen LogP contribution is 2.28. The third-order valence-corrected chi connectivity index (χ3v) is 4.20. The van der Waals surface area contributed by atoms with E-state index in [1.165, 1.54) is 4.90 Å². The number of hydrogen-bond donors (Lipinski definition) is 1. The Hall–Kier alpha value is -2.05. The van der Waals surface area contributed by atoms with Crippen LogP contribution >= 0.6 is 27.5 Å². The summed E-state index contributed by atoms with van der Waals surface area (Å²) in [7, 11) is 3.35. The van der Waals surface area contributed by atoms with Crippen LogP contribution in [-0.2, 0) is 4.79 Å². The number of nitrogens with one attached hydrogen (secondary N) is 1. The molecule has 2 aromatic rings. The van der Waals surface area contributed by atoms with Crippen molar-refractivity contribution in [2.75, 3.05) is 19.4 Å². The van der Waals surface area contributed by atoms with Crippen LogP contribution < -0.4 is 10.1 Å². The molecule has 0 heterocycles. The third kappa shape index (κ3) is 5.21. The van der Waals surface area contributed by atoms with E-state index < -0.39 is 6.10 Å². The van der Waals surface area contributed by atoms with Gasteiger partial charge < -0.3 is 15.0 Å². The van der Waals surface area contributed by atoms with Crippen molar-refractivity contribution in [1.82, 2.24) is 4.90 Å². The molecule has 0 aliphatic carbocycles. The van der Waals surface area contributed by atoms with Gasteiger partial charge in [0.25, 0.3) is 11.8 Å². The fourth-order valence-corrected chi connectivity index (χ4v) is 2.82. The van der Waals surface area contributed by atoms with Gasteiger partial charge in [0.1, 0.15) is 5.75 Å². The molecule has 7 heteroatoms. The van der Waals surface area contributed by atoms with Crippen LogP contribution in [0.15, 0.2) is 46.9 Å². The summed E-state index contributed by atoms with van der Waals surface area (Å²) in [6, 6.07) is 11.8. The molecule has 0 bridgehead atoms. The first-order valence-corrected chi connectivity index (χ1v) is 8.69. The minimum atomic E-state index is -0.731. The van der Waals surface area contributed by atoms with Gasteiger partial charge in [-0.05, 0) is 59.3 Å². The fraction of sp³-hybridized carbons (Fsp3) is 0.222. The van der Waals surface area contributed by atoms with Gasteiger partial charge in [-0.1, -0.05) is 17.7 Å². The standard InChI is InChI=1S/C18H18BrClN2O3/c1-11(25-16-8-7-13(20)10-15(16)19)17(23)21-14-6-4-5-12(9-14)18(24)22(2)3/h4-11H,1-3H3,(H,21,23). The van der Waals surface area contributed by atoms with Crippen molar-refractivity contribution in [3.63, 3.8) is 0 Å². The molecule has 0 radical (unpaired) electrons. The van der Waals surface area contributed by atoms with Crippen LogP contribution in [0.1, 0.15) is 17.3 Å². The maximum absolute atomic E-state index is 12.3. The minimum absolute atomic E-state index is 0.134. The first kappa shape index (κ1) is 19.3. The summed E-state index contributed by atoms with van der Waals surface area (Å²) in [5.74, 6) is 0.0605. The predicted molar refractivity (Wildman–Crippen MR) is 102 cm³/mol. The highest BCUT2D eigenvalue weighted by molar-refractivity contribution is 9.10. The van der Waals surface area contributed by atoms with E-state index in [0.29, 0.717) is 26.5 Å². The van der Waals surface area contributed by atoms with E-state index in [9.17, 15) is 9.59 Å². The van der Waals surface area contributed by atoms with Crippen LogP contribution in [0.3, 0.4) is 0 Å². The van der Waals surface area contributed by atoms with Gasteiger partial charge >= 0.3 is 0 Å². The zero-order valence-electron chi connectivity index (χ0n) is 14.0. The van der Waals surface area contributed by atoms with Crippen molar-refractivity contribution < 1.29 is 14.3 Å². The number of benzene rings is 2. The van der Waals surface area contributed by atoms with Gasteiger partial charge in [0.2, 0.25) is 0 Å². The number of halogens is 2. The molecular weight excluding hydrogens is 408 g/mol. The molecule has 0 aliphatic rings. The fourth-order valence-electron chi connectivity index (χ4n) is 2.05. The first-order chi connectivity index (χ1) is 11.8. The topological polar surface area (TPSA) is 58.6 Å². The molecule has 132 valence electrons. The third-order valence-electron chi connectivity index (χ3n) is 3.35. The Morgan fingerprint density at radius 3 is 2.56 bits per heavy atom. The van der Waals surface area contributed by atoms with E-state index in [1.54, 1.807) is 63.5 Å². The van der Waals surface area contributed by atoms with Gasteiger partial charge in [-0.15, -0.1) is 0 Å². The molecule has 1 unspecified atom stereocenters. The summed E-state index contributed by atoms with van der Waals surface area (Å²) in [4.78, 5) is 25.8. The lowest BCUT2D eigenvalue weighted by atomic mass is 10.1. The molecule has 0 spiro atoms. The van der Waals surface area contributed by atoms with Crippen LogP contribution in [0, 0.1) is 0 Å². The summed E-state index contributed by atoms with van der Waals surface area (Å²) in [5.41, 5.74) is 1.03. The van der Waals surface area contributed by atoms with E-state index >= 15 is 0 Å².